The highest BCUT2D eigenvalue weighted by Gasteiger charge is 2.09. The number of amides is 1. The van der Waals surface area contributed by atoms with E-state index in [0.717, 1.165) is 0 Å². The zero-order valence-corrected chi connectivity index (χ0v) is 9.79. The summed E-state index contributed by atoms with van der Waals surface area (Å²) >= 11 is 0. The number of nitrogens with zero attached hydrogens (tertiary/aromatic N) is 1. The molecule has 0 saturated heterocycles. The van der Waals surface area contributed by atoms with Crippen molar-refractivity contribution in [3.05, 3.63) is 54.0 Å². The van der Waals surface area contributed by atoms with Crippen LogP contribution >= 0.6 is 0 Å². The molecule has 0 saturated carbocycles. The second-order valence-electron chi connectivity index (χ2n) is 3.41. The first kappa shape index (κ1) is 11.9. The van der Waals surface area contributed by atoms with Gasteiger partial charge in [0.2, 0.25) is 0 Å². The standard InChI is InChI=1S/C13H12N2O3/c1-17-12-7-3-2-6-11(12)13(16)15-14-9-10-5-4-8-18-10/h2-9H,1H3,(H,15,16). The van der Waals surface area contributed by atoms with E-state index in [2.05, 4.69) is 10.5 Å². The van der Waals surface area contributed by atoms with Crippen molar-refractivity contribution < 1.29 is 13.9 Å². The number of furan rings is 1. The number of methoxy groups -OCH3 is 1. The van der Waals surface area contributed by atoms with Gasteiger partial charge < -0.3 is 9.15 Å². The Morgan fingerprint density at radius 2 is 2.17 bits per heavy atom. The maximum absolute atomic E-state index is 11.8. The molecule has 2 aromatic rings. The lowest BCUT2D eigenvalue weighted by Gasteiger charge is -2.05. The van der Waals surface area contributed by atoms with Gasteiger partial charge in [-0.2, -0.15) is 5.10 Å². The summed E-state index contributed by atoms with van der Waals surface area (Å²) in [6.07, 6.45) is 2.96. The number of hydrogen-bond acceptors (Lipinski definition) is 4. The topological polar surface area (TPSA) is 63.8 Å². The smallest absolute Gasteiger partial charge is 0.275 e. The van der Waals surface area contributed by atoms with E-state index in [-0.39, 0.29) is 5.91 Å². The maximum Gasteiger partial charge on any atom is 0.275 e. The van der Waals surface area contributed by atoms with Crippen LogP contribution in [0.4, 0.5) is 0 Å². The van der Waals surface area contributed by atoms with Crippen LogP contribution in [0.3, 0.4) is 0 Å². The van der Waals surface area contributed by atoms with Crippen LogP contribution in [0.5, 0.6) is 5.75 Å². The Morgan fingerprint density at radius 1 is 1.33 bits per heavy atom. The number of para-hydroxylation sites is 1. The zero-order valence-electron chi connectivity index (χ0n) is 9.79. The second-order valence-corrected chi connectivity index (χ2v) is 3.41. The first-order chi connectivity index (χ1) is 8.81. The highest BCUT2D eigenvalue weighted by atomic mass is 16.5. The monoisotopic (exact) mass is 244 g/mol. The maximum atomic E-state index is 11.8. The van der Waals surface area contributed by atoms with E-state index in [1.807, 2.05) is 0 Å². The van der Waals surface area contributed by atoms with Crippen LogP contribution in [0.15, 0.2) is 52.2 Å². The predicted molar refractivity (Wildman–Crippen MR) is 66.8 cm³/mol. The third-order valence-electron chi connectivity index (χ3n) is 2.25. The third kappa shape index (κ3) is 2.76. The van der Waals surface area contributed by atoms with Crippen molar-refractivity contribution in [2.75, 3.05) is 7.11 Å². The fraction of sp³-hybridized carbons (Fsp3) is 0.0769. The summed E-state index contributed by atoms with van der Waals surface area (Å²) in [5.41, 5.74) is 2.83. The number of benzene rings is 1. The SMILES string of the molecule is COc1ccccc1C(=O)NN=Cc1ccco1. The average Bonchev–Trinajstić information content (AvgIpc) is 2.91. The molecule has 1 amide bonds. The lowest BCUT2D eigenvalue weighted by molar-refractivity contribution is 0.0952. The molecule has 5 heteroatoms. The van der Waals surface area contributed by atoms with Gasteiger partial charge in [0, 0.05) is 0 Å². The molecule has 0 fully saturated rings. The number of ether oxygens (including phenoxy) is 1. The fourth-order valence-electron chi connectivity index (χ4n) is 1.41. The van der Waals surface area contributed by atoms with Crippen LogP contribution < -0.4 is 10.2 Å². The van der Waals surface area contributed by atoms with Crippen molar-refractivity contribution in [1.82, 2.24) is 5.43 Å². The number of nitrogens with one attached hydrogen (secondary N) is 1. The van der Waals surface area contributed by atoms with E-state index in [1.54, 1.807) is 36.4 Å². The Balaban J connectivity index is 2.04. The van der Waals surface area contributed by atoms with Crippen LogP contribution in [-0.2, 0) is 0 Å². The molecule has 0 atom stereocenters. The van der Waals surface area contributed by atoms with Gasteiger partial charge in [-0.05, 0) is 24.3 Å². The molecule has 1 aromatic heterocycles. The van der Waals surface area contributed by atoms with Crippen LogP contribution in [0.25, 0.3) is 0 Å². The fourth-order valence-corrected chi connectivity index (χ4v) is 1.41. The number of hydrazone groups is 1. The lowest BCUT2D eigenvalue weighted by Crippen LogP contribution is -2.18. The van der Waals surface area contributed by atoms with Crippen molar-refractivity contribution in [3.63, 3.8) is 0 Å². The molecule has 0 aliphatic rings. The highest BCUT2D eigenvalue weighted by Crippen LogP contribution is 2.16. The van der Waals surface area contributed by atoms with Gasteiger partial charge >= 0.3 is 0 Å². The van der Waals surface area contributed by atoms with E-state index in [0.29, 0.717) is 17.1 Å². The first-order valence-electron chi connectivity index (χ1n) is 5.31. The van der Waals surface area contributed by atoms with Gasteiger partial charge in [-0.15, -0.1) is 0 Å². The van der Waals surface area contributed by atoms with Gasteiger partial charge in [0.15, 0.2) is 0 Å². The molecule has 1 aromatic carbocycles. The van der Waals surface area contributed by atoms with Crippen molar-refractivity contribution in [2.24, 2.45) is 5.10 Å². The summed E-state index contributed by atoms with van der Waals surface area (Å²) in [4.78, 5) is 11.8. The molecule has 0 radical (unpaired) electrons. The minimum atomic E-state index is -0.338. The number of hydrogen-bond donors (Lipinski definition) is 1. The quantitative estimate of drug-likeness (QED) is 0.661. The van der Waals surface area contributed by atoms with Gasteiger partial charge in [-0.25, -0.2) is 5.43 Å². The molecule has 92 valence electrons. The molecule has 0 unspecified atom stereocenters. The van der Waals surface area contributed by atoms with Crippen LogP contribution in [0.2, 0.25) is 0 Å². The van der Waals surface area contributed by atoms with Gasteiger partial charge in [0.05, 0.1) is 25.2 Å². The molecule has 0 aliphatic heterocycles. The molecular formula is C13H12N2O3. The summed E-state index contributed by atoms with van der Waals surface area (Å²) < 4.78 is 10.1. The van der Waals surface area contributed by atoms with Crippen LogP contribution in [0.1, 0.15) is 16.1 Å². The Hall–Kier alpha value is -2.56. The normalized spacial score (nSPS) is 10.5. The minimum Gasteiger partial charge on any atom is -0.496 e. The number of carbonyl (C=O) groups excluding carboxylic acids is 1. The van der Waals surface area contributed by atoms with E-state index in [1.165, 1.54) is 19.6 Å². The van der Waals surface area contributed by atoms with Gasteiger partial charge in [-0.3, -0.25) is 4.79 Å². The molecule has 1 N–H and O–H groups in total. The Kier molecular flexibility index (Phi) is 3.76. The lowest BCUT2D eigenvalue weighted by atomic mass is 10.2. The first-order valence-corrected chi connectivity index (χ1v) is 5.31. The van der Waals surface area contributed by atoms with Crippen molar-refractivity contribution in [1.29, 1.82) is 0 Å². The Labute approximate surface area is 104 Å². The largest absolute Gasteiger partial charge is 0.496 e. The van der Waals surface area contributed by atoms with Crippen LogP contribution in [-0.4, -0.2) is 19.2 Å². The van der Waals surface area contributed by atoms with Gasteiger partial charge in [0.1, 0.15) is 11.5 Å². The summed E-state index contributed by atoms with van der Waals surface area (Å²) in [7, 11) is 1.51. The molecular weight excluding hydrogens is 232 g/mol. The van der Waals surface area contributed by atoms with Crippen molar-refractivity contribution >= 4 is 12.1 Å². The zero-order chi connectivity index (χ0) is 12.8. The molecule has 2 rings (SSSR count). The van der Waals surface area contributed by atoms with Gasteiger partial charge in [-0.1, -0.05) is 12.1 Å². The van der Waals surface area contributed by atoms with E-state index in [4.69, 9.17) is 9.15 Å². The summed E-state index contributed by atoms with van der Waals surface area (Å²) in [6.45, 7) is 0. The summed E-state index contributed by atoms with van der Waals surface area (Å²) in [5.74, 6) is 0.730. The van der Waals surface area contributed by atoms with E-state index in [9.17, 15) is 4.79 Å². The Morgan fingerprint density at radius 3 is 2.89 bits per heavy atom. The Bertz CT molecular complexity index is 547. The minimum absolute atomic E-state index is 0.338. The molecule has 0 bridgehead atoms. The molecule has 18 heavy (non-hydrogen) atoms. The molecule has 0 spiro atoms. The van der Waals surface area contributed by atoms with Crippen molar-refractivity contribution in [2.45, 2.75) is 0 Å². The molecule has 5 nitrogen and oxygen atoms in total. The second kappa shape index (κ2) is 5.67. The molecule has 1 heterocycles. The van der Waals surface area contributed by atoms with E-state index >= 15 is 0 Å². The third-order valence-corrected chi connectivity index (χ3v) is 2.25. The van der Waals surface area contributed by atoms with Gasteiger partial charge in [0.25, 0.3) is 5.91 Å². The molecule has 0 aliphatic carbocycles. The van der Waals surface area contributed by atoms with Crippen molar-refractivity contribution in [3.8, 4) is 5.75 Å². The highest BCUT2D eigenvalue weighted by molar-refractivity contribution is 5.97. The number of carbonyl (C=O) groups is 1. The van der Waals surface area contributed by atoms with Crippen LogP contribution in [0, 0.1) is 0 Å². The summed E-state index contributed by atoms with van der Waals surface area (Å²) in [6, 6.07) is 10.4. The predicted octanol–water partition coefficient (Wildman–Crippen LogP) is 2.05. The summed E-state index contributed by atoms with van der Waals surface area (Å²) in [5, 5.41) is 3.79. The van der Waals surface area contributed by atoms with E-state index < -0.39 is 0 Å². The average molecular weight is 244 g/mol. The number of rotatable bonds is 4.